The molecule has 17 heavy (non-hydrogen) atoms. The van der Waals surface area contributed by atoms with Crippen molar-refractivity contribution in [1.29, 1.82) is 0 Å². The molecule has 1 aliphatic rings. The first-order valence-corrected chi connectivity index (χ1v) is 6.86. The number of hydrogen-bond donors (Lipinski definition) is 2. The van der Waals surface area contributed by atoms with Gasteiger partial charge in [-0.25, -0.2) is 0 Å². The van der Waals surface area contributed by atoms with Gasteiger partial charge in [0.1, 0.15) is 0 Å². The van der Waals surface area contributed by atoms with Crippen molar-refractivity contribution < 1.29 is 0 Å². The highest BCUT2D eigenvalue weighted by Gasteiger charge is 2.23. The molecule has 1 aliphatic heterocycles. The maximum atomic E-state index is 3.72. The molecule has 2 nitrogen and oxygen atoms in total. The van der Waals surface area contributed by atoms with Crippen LogP contribution in [0.3, 0.4) is 0 Å². The molecule has 1 saturated heterocycles. The number of benzene rings is 1. The summed E-state index contributed by atoms with van der Waals surface area (Å²) >= 11 is 1.82. The largest absolute Gasteiger partial charge is 0.314 e. The Morgan fingerprint density at radius 3 is 2.53 bits per heavy atom. The summed E-state index contributed by atoms with van der Waals surface area (Å²) in [5.41, 5.74) is 1.35. The molecule has 1 aromatic heterocycles. The monoisotopic (exact) mass is 244 g/mol. The molecule has 0 spiro atoms. The molecule has 2 aromatic rings. The zero-order chi connectivity index (χ0) is 11.5. The molecule has 2 heterocycles. The highest BCUT2D eigenvalue weighted by Crippen LogP contribution is 2.26. The first-order valence-electron chi connectivity index (χ1n) is 5.98. The van der Waals surface area contributed by atoms with E-state index < -0.39 is 0 Å². The highest BCUT2D eigenvalue weighted by molar-refractivity contribution is 7.10. The fourth-order valence-electron chi connectivity index (χ4n) is 2.09. The third-order valence-corrected chi connectivity index (χ3v) is 4.08. The van der Waals surface area contributed by atoms with Crippen molar-refractivity contribution in [2.75, 3.05) is 13.1 Å². The van der Waals surface area contributed by atoms with Crippen molar-refractivity contribution in [1.82, 2.24) is 10.6 Å². The fourth-order valence-corrected chi connectivity index (χ4v) is 2.90. The van der Waals surface area contributed by atoms with Gasteiger partial charge in [-0.05, 0) is 17.0 Å². The average molecular weight is 244 g/mol. The first-order chi connectivity index (χ1) is 8.43. The predicted octanol–water partition coefficient (Wildman–Crippen LogP) is 2.40. The van der Waals surface area contributed by atoms with E-state index in [-0.39, 0.29) is 0 Å². The van der Waals surface area contributed by atoms with E-state index in [1.54, 1.807) is 0 Å². The number of hydrogen-bond acceptors (Lipinski definition) is 3. The predicted molar refractivity (Wildman–Crippen MR) is 72.4 cm³/mol. The van der Waals surface area contributed by atoms with Crippen molar-refractivity contribution in [3.8, 4) is 0 Å². The van der Waals surface area contributed by atoms with Crippen LogP contribution in [0.25, 0.3) is 0 Å². The molecular formula is C14H16N2S. The van der Waals surface area contributed by atoms with Crippen molar-refractivity contribution in [3.63, 3.8) is 0 Å². The second-order valence-electron chi connectivity index (χ2n) is 4.38. The average Bonchev–Trinajstić information content (AvgIpc) is 2.82. The van der Waals surface area contributed by atoms with Gasteiger partial charge in [0.05, 0.1) is 6.04 Å². The van der Waals surface area contributed by atoms with Crippen molar-refractivity contribution >= 4 is 11.3 Å². The summed E-state index contributed by atoms with van der Waals surface area (Å²) in [6.45, 7) is 2.16. The van der Waals surface area contributed by atoms with Crippen LogP contribution in [0.1, 0.15) is 16.5 Å². The molecule has 2 N–H and O–H groups in total. The zero-order valence-corrected chi connectivity index (χ0v) is 10.4. The van der Waals surface area contributed by atoms with Crippen LogP contribution in [0.4, 0.5) is 0 Å². The number of nitrogens with one attached hydrogen (secondary N) is 2. The standard InChI is InChI=1S/C14H16N2S/c1-2-5-11(6-3-1)14(13-7-4-8-17-13)16-12-9-15-10-12/h1-8,12,14-16H,9-10H2. The van der Waals surface area contributed by atoms with Gasteiger partial charge in [-0.2, -0.15) is 0 Å². The molecule has 3 rings (SSSR count). The van der Waals surface area contributed by atoms with Gasteiger partial charge >= 0.3 is 0 Å². The topological polar surface area (TPSA) is 24.1 Å². The molecular weight excluding hydrogens is 228 g/mol. The van der Waals surface area contributed by atoms with Crippen LogP contribution in [0.15, 0.2) is 47.8 Å². The summed E-state index contributed by atoms with van der Waals surface area (Å²) in [6.07, 6.45) is 0. The van der Waals surface area contributed by atoms with Crippen LogP contribution in [-0.2, 0) is 0 Å². The molecule has 1 atom stereocenters. The van der Waals surface area contributed by atoms with E-state index in [9.17, 15) is 0 Å². The van der Waals surface area contributed by atoms with E-state index in [2.05, 4.69) is 58.5 Å². The van der Waals surface area contributed by atoms with Gasteiger partial charge in [0.2, 0.25) is 0 Å². The second kappa shape index (κ2) is 5.00. The Balaban J connectivity index is 1.85. The highest BCUT2D eigenvalue weighted by atomic mass is 32.1. The van der Waals surface area contributed by atoms with Crippen LogP contribution < -0.4 is 10.6 Å². The van der Waals surface area contributed by atoms with Gasteiger partial charge in [0, 0.05) is 24.0 Å². The minimum absolute atomic E-state index is 0.336. The Morgan fingerprint density at radius 1 is 1.12 bits per heavy atom. The number of thiophene rings is 1. The van der Waals surface area contributed by atoms with Crippen LogP contribution in [0.2, 0.25) is 0 Å². The van der Waals surface area contributed by atoms with E-state index >= 15 is 0 Å². The molecule has 1 fully saturated rings. The molecule has 0 bridgehead atoms. The summed E-state index contributed by atoms with van der Waals surface area (Å²) in [4.78, 5) is 1.39. The zero-order valence-electron chi connectivity index (χ0n) is 9.60. The SMILES string of the molecule is c1ccc(C(NC2CNC2)c2cccs2)cc1. The maximum absolute atomic E-state index is 3.72. The third-order valence-electron chi connectivity index (χ3n) is 3.14. The Morgan fingerprint density at radius 2 is 1.94 bits per heavy atom. The van der Waals surface area contributed by atoms with Crippen LogP contribution in [-0.4, -0.2) is 19.1 Å². The lowest BCUT2D eigenvalue weighted by molar-refractivity contribution is 0.348. The van der Waals surface area contributed by atoms with Gasteiger partial charge in [0.15, 0.2) is 0 Å². The normalized spacial score (nSPS) is 17.6. The summed E-state index contributed by atoms with van der Waals surface area (Å²) < 4.78 is 0. The smallest absolute Gasteiger partial charge is 0.0674 e. The summed E-state index contributed by atoms with van der Waals surface area (Å²) in [6, 6.07) is 15.9. The van der Waals surface area contributed by atoms with Gasteiger partial charge in [0.25, 0.3) is 0 Å². The van der Waals surface area contributed by atoms with Crippen LogP contribution in [0.5, 0.6) is 0 Å². The van der Waals surface area contributed by atoms with Gasteiger partial charge in [-0.15, -0.1) is 11.3 Å². The van der Waals surface area contributed by atoms with Gasteiger partial charge < -0.3 is 10.6 Å². The first kappa shape index (κ1) is 11.0. The number of rotatable bonds is 4. The maximum Gasteiger partial charge on any atom is 0.0674 e. The Hall–Kier alpha value is -1.16. The van der Waals surface area contributed by atoms with E-state index in [0.717, 1.165) is 13.1 Å². The molecule has 1 aromatic carbocycles. The Bertz CT molecular complexity index is 448. The lowest BCUT2D eigenvalue weighted by atomic mass is 10.0. The van der Waals surface area contributed by atoms with E-state index in [1.807, 2.05) is 11.3 Å². The summed E-state index contributed by atoms with van der Waals surface area (Å²) in [7, 11) is 0. The van der Waals surface area contributed by atoms with Crippen LogP contribution >= 0.6 is 11.3 Å². The van der Waals surface area contributed by atoms with Crippen LogP contribution in [0, 0.1) is 0 Å². The van der Waals surface area contributed by atoms with E-state index in [1.165, 1.54) is 10.4 Å². The molecule has 3 heteroatoms. The summed E-state index contributed by atoms with van der Waals surface area (Å²) in [5, 5.41) is 9.17. The third kappa shape index (κ3) is 2.41. The van der Waals surface area contributed by atoms with E-state index in [0.29, 0.717) is 12.1 Å². The Kier molecular flexibility index (Phi) is 3.22. The van der Waals surface area contributed by atoms with Crippen molar-refractivity contribution in [2.24, 2.45) is 0 Å². The fraction of sp³-hybridized carbons (Fsp3) is 0.286. The quantitative estimate of drug-likeness (QED) is 0.863. The second-order valence-corrected chi connectivity index (χ2v) is 5.36. The molecule has 1 unspecified atom stereocenters. The van der Waals surface area contributed by atoms with Gasteiger partial charge in [-0.3, -0.25) is 0 Å². The molecule has 0 amide bonds. The minimum atomic E-state index is 0.336. The summed E-state index contributed by atoms with van der Waals surface area (Å²) in [5.74, 6) is 0. The lowest BCUT2D eigenvalue weighted by Crippen LogP contribution is -2.56. The molecule has 0 saturated carbocycles. The lowest BCUT2D eigenvalue weighted by Gasteiger charge is -2.32. The van der Waals surface area contributed by atoms with Crippen molar-refractivity contribution in [3.05, 3.63) is 58.3 Å². The van der Waals surface area contributed by atoms with Gasteiger partial charge in [-0.1, -0.05) is 36.4 Å². The minimum Gasteiger partial charge on any atom is -0.314 e. The van der Waals surface area contributed by atoms with E-state index in [4.69, 9.17) is 0 Å². The molecule has 0 aliphatic carbocycles. The molecule has 88 valence electrons. The molecule has 0 radical (unpaired) electrons. The Labute approximate surface area is 106 Å². The van der Waals surface area contributed by atoms with Crippen molar-refractivity contribution in [2.45, 2.75) is 12.1 Å².